The lowest BCUT2D eigenvalue weighted by Crippen LogP contribution is -2.00. The molecule has 0 aliphatic rings. The van der Waals surface area contributed by atoms with Gasteiger partial charge in [0.1, 0.15) is 12.4 Å². The summed E-state index contributed by atoms with van der Waals surface area (Å²) >= 11 is 3.08. The monoisotopic (exact) mass is 242 g/mol. The van der Waals surface area contributed by atoms with Crippen molar-refractivity contribution in [3.8, 4) is 6.07 Å². The van der Waals surface area contributed by atoms with Crippen LogP contribution in [0.5, 0.6) is 0 Å². The Kier molecular flexibility index (Phi) is 3.26. The average Bonchev–Trinajstić information content (AvgIpc) is 2.09. The molecule has 1 aromatic rings. The van der Waals surface area contributed by atoms with Gasteiger partial charge in [-0.05, 0) is 40.5 Å². The van der Waals surface area contributed by atoms with E-state index in [0.717, 1.165) is 5.56 Å². The first-order valence-electron chi connectivity index (χ1n) is 3.71. The largest absolute Gasteiger partial charge is 0.372 e. The molecule has 68 valence electrons. The number of nitrogens with zero attached hydrogens (tertiary/aromatic N) is 1. The third-order valence-corrected chi connectivity index (χ3v) is 2.23. The Bertz CT molecular complexity index is 357. The first kappa shape index (κ1) is 10.0. The Morgan fingerprint density at radius 3 is 2.92 bits per heavy atom. The second-order valence-corrected chi connectivity index (χ2v) is 3.45. The van der Waals surface area contributed by atoms with Gasteiger partial charge in [-0.3, -0.25) is 0 Å². The number of nitrogens with one attached hydrogen (secondary N) is 1. The second-order valence-electron chi connectivity index (χ2n) is 2.59. The van der Waals surface area contributed by atoms with E-state index in [0.29, 0.717) is 10.2 Å². The SMILES string of the molecule is Cc1cc(Br)c(F)cc1NCC#N. The molecule has 0 aliphatic heterocycles. The number of nitriles is 1. The van der Waals surface area contributed by atoms with Gasteiger partial charge in [-0.15, -0.1) is 0 Å². The summed E-state index contributed by atoms with van der Waals surface area (Å²) in [5.74, 6) is -0.328. The van der Waals surface area contributed by atoms with Crippen LogP contribution in [0.1, 0.15) is 5.56 Å². The van der Waals surface area contributed by atoms with E-state index in [2.05, 4.69) is 21.2 Å². The van der Waals surface area contributed by atoms with E-state index in [1.807, 2.05) is 13.0 Å². The van der Waals surface area contributed by atoms with Gasteiger partial charge >= 0.3 is 0 Å². The van der Waals surface area contributed by atoms with Crippen molar-refractivity contribution in [2.45, 2.75) is 6.92 Å². The fourth-order valence-corrected chi connectivity index (χ4v) is 1.43. The third kappa shape index (κ3) is 2.43. The average molecular weight is 243 g/mol. The van der Waals surface area contributed by atoms with Crippen LogP contribution in [0.15, 0.2) is 16.6 Å². The summed E-state index contributed by atoms with van der Waals surface area (Å²) in [6.07, 6.45) is 0. The lowest BCUT2D eigenvalue weighted by Gasteiger charge is -2.07. The molecule has 0 aliphatic carbocycles. The molecule has 0 aromatic heterocycles. The molecule has 0 saturated carbocycles. The zero-order valence-corrected chi connectivity index (χ0v) is 8.65. The van der Waals surface area contributed by atoms with Crippen LogP contribution in [-0.4, -0.2) is 6.54 Å². The Hall–Kier alpha value is -1.08. The normalized spacial score (nSPS) is 9.38. The Morgan fingerprint density at radius 2 is 2.31 bits per heavy atom. The summed E-state index contributed by atoms with van der Waals surface area (Å²) in [5.41, 5.74) is 1.56. The van der Waals surface area contributed by atoms with Crippen LogP contribution in [0, 0.1) is 24.1 Å². The van der Waals surface area contributed by atoms with Gasteiger partial charge in [-0.2, -0.15) is 5.26 Å². The maximum atomic E-state index is 13.0. The summed E-state index contributed by atoms with van der Waals surface area (Å²) in [5, 5.41) is 11.1. The first-order chi connectivity index (χ1) is 6.15. The standard InChI is InChI=1S/C9H8BrFN2/c1-6-4-7(10)8(11)5-9(6)13-3-2-12/h4-5,13H,3H2,1H3. The van der Waals surface area contributed by atoms with Crippen molar-refractivity contribution in [1.29, 1.82) is 5.26 Å². The molecule has 0 radical (unpaired) electrons. The molecule has 13 heavy (non-hydrogen) atoms. The van der Waals surface area contributed by atoms with Crippen LogP contribution in [-0.2, 0) is 0 Å². The van der Waals surface area contributed by atoms with Gasteiger partial charge in [0.25, 0.3) is 0 Å². The quantitative estimate of drug-likeness (QED) is 0.810. The van der Waals surface area contributed by atoms with Crippen LogP contribution < -0.4 is 5.32 Å². The molecule has 0 fully saturated rings. The molecule has 0 spiro atoms. The number of hydrogen-bond donors (Lipinski definition) is 1. The van der Waals surface area contributed by atoms with Crippen molar-refractivity contribution < 1.29 is 4.39 Å². The highest BCUT2D eigenvalue weighted by atomic mass is 79.9. The second kappa shape index (κ2) is 4.24. The molecule has 0 bridgehead atoms. The molecular weight excluding hydrogens is 235 g/mol. The number of hydrogen-bond acceptors (Lipinski definition) is 2. The highest BCUT2D eigenvalue weighted by Crippen LogP contribution is 2.23. The molecule has 1 N–H and O–H groups in total. The van der Waals surface area contributed by atoms with Crippen molar-refractivity contribution >= 4 is 21.6 Å². The van der Waals surface area contributed by atoms with Crippen molar-refractivity contribution in [3.63, 3.8) is 0 Å². The van der Waals surface area contributed by atoms with Crippen molar-refractivity contribution in [3.05, 3.63) is 28.0 Å². The minimum Gasteiger partial charge on any atom is -0.372 e. The number of halogens is 2. The van der Waals surface area contributed by atoms with E-state index >= 15 is 0 Å². The van der Waals surface area contributed by atoms with Gasteiger partial charge in [0.2, 0.25) is 0 Å². The molecule has 0 heterocycles. The number of aryl methyl sites for hydroxylation is 1. The van der Waals surface area contributed by atoms with E-state index in [-0.39, 0.29) is 12.4 Å². The highest BCUT2D eigenvalue weighted by molar-refractivity contribution is 9.10. The predicted octanol–water partition coefficient (Wildman–Crippen LogP) is 2.83. The fourth-order valence-electron chi connectivity index (χ4n) is 0.971. The molecule has 1 aromatic carbocycles. The maximum absolute atomic E-state index is 13.0. The topological polar surface area (TPSA) is 35.8 Å². The Morgan fingerprint density at radius 1 is 1.62 bits per heavy atom. The van der Waals surface area contributed by atoms with E-state index < -0.39 is 0 Å². The summed E-state index contributed by atoms with van der Waals surface area (Å²) in [4.78, 5) is 0. The first-order valence-corrected chi connectivity index (χ1v) is 4.51. The maximum Gasteiger partial charge on any atom is 0.139 e. The molecule has 1 rings (SSSR count). The summed E-state index contributed by atoms with van der Waals surface area (Å²) in [6.45, 7) is 2.03. The molecular formula is C9H8BrFN2. The molecule has 0 amide bonds. The van der Waals surface area contributed by atoms with Gasteiger partial charge in [0.15, 0.2) is 0 Å². The number of benzene rings is 1. The fraction of sp³-hybridized carbons (Fsp3) is 0.222. The van der Waals surface area contributed by atoms with E-state index in [4.69, 9.17) is 5.26 Å². The van der Waals surface area contributed by atoms with Gasteiger partial charge in [-0.1, -0.05) is 0 Å². The number of rotatable bonds is 2. The van der Waals surface area contributed by atoms with Crippen LogP contribution >= 0.6 is 15.9 Å². The highest BCUT2D eigenvalue weighted by Gasteiger charge is 2.03. The Labute approximate surface area is 84.5 Å². The lowest BCUT2D eigenvalue weighted by atomic mass is 10.2. The molecule has 0 unspecified atom stereocenters. The third-order valence-electron chi connectivity index (χ3n) is 1.63. The van der Waals surface area contributed by atoms with Gasteiger partial charge in [0.05, 0.1) is 10.5 Å². The van der Waals surface area contributed by atoms with Crippen molar-refractivity contribution in [1.82, 2.24) is 0 Å². The minimum absolute atomic E-state index is 0.182. The zero-order chi connectivity index (χ0) is 9.84. The summed E-state index contributed by atoms with van der Waals surface area (Å²) in [7, 11) is 0. The van der Waals surface area contributed by atoms with Gasteiger partial charge < -0.3 is 5.32 Å². The zero-order valence-electron chi connectivity index (χ0n) is 7.06. The van der Waals surface area contributed by atoms with Crippen molar-refractivity contribution in [2.75, 3.05) is 11.9 Å². The van der Waals surface area contributed by atoms with Crippen molar-refractivity contribution in [2.24, 2.45) is 0 Å². The summed E-state index contributed by atoms with van der Waals surface area (Å²) < 4.78 is 13.5. The van der Waals surface area contributed by atoms with E-state index in [1.54, 1.807) is 6.07 Å². The summed E-state index contributed by atoms with van der Waals surface area (Å²) in [6, 6.07) is 4.98. The van der Waals surface area contributed by atoms with Crippen LogP contribution in [0.4, 0.5) is 10.1 Å². The van der Waals surface area contributed by atoms with Gasteiger partial charge in [-0.25, -0.2) is 4.39 Å². The predicted molar refractivity (Wildman–Crippen MR) is 52.9 cm³/mol. The van der Waals surface area contributed by atoms with Crippen LogP contribution in [0.2, 0.25) is 0 Å². The molecule has 0 saturated heterocycles. The molecule has 0 atom stereocenters. The van der Waals surface area contributed by atoms with Crippen LogP contribution in [0.3, 0.4) is 0 Å². The Balaban J connectivity index is 2.96. The minimum atomic E-state index is -0.328. The van der Waals surface area contributed by atoms with E-state index in [1.165, 1.54) is 6.07 Å². The number of anilines is 1. The smallest absolute Gasteiger partial charge is 0.139 e. The van der Waals surface area contributed by atoms with E-state index in [9.17, 15) is 4.39 Å². The lowest BCUT2D eigenvalue weighted by molar-refractivity contribution is 0.621. The molecule has 4 heteroatoms. The van der Waals surface area contributed by atoms with Crippen LogP contribution in [0.25, 0.3) is 0 Å². The van der Waals surface area contributed by atoms with Gasteiger partial charge in [0, 0.05) is 5.69 Å². The molecule has 2 nitrogen and oxygen atoms in total.